The van der Waals surface area contributed by atoms with Crippen molar-refractivity contribution < 1.29 is 12.8 Å². The molecule has 1 aliphatic rings. The summed E-state index contributed by atoms with van der Waals surface area (Å²) in [5.41, 5.74) is 0.910. The van der Waals surface area contributed by atoms with E-state index in [1.54, 1.807) is 13.1 Å². The Bertz CT molecular complexity index is 766. The minimum absolute atomic E-state index is 0. The number of likely N-dealkylation sites (tertiary alicyclic amines) is 1. The molecule has 0 aliphatic carbocycles. The summed E-state index contributed by atoms with van der Waals surface area (Å²) in [6.45, 7) is 3.17. The van der Waals surface area contributed by atoms with E-state index >= 15 is 0 Å². The molecule has 0 amide bonds. The van der Waals surface area contributed by atoms with Crippen molar-refractivity contribution in [2.24, 2.45) is 4.99 Å². The van der Waals surface area contributed by atoms with Crippen LogP contribution in [0.2, 0.25) is 5.02 Å². The van der Waals surface area contributed by atoms with Gasteiger partial charge in [0.15, 0.2) is 5.96 Å². The molecule has 1 aliphatic heterocycles. The molecule has 1 aromatic carbocycles. The van der Waals surface area contributed by atoms with Gasteiger partial charge in [0.2, 0.25) is 10.0 Å². The second kappa shape index (κ2) is 12.1. The summed E-state index contributed by atoms with van der Waals surface area (Å²) < 4.78 is 37.8. The van der Waals surface area contributed by atoms with Crippen LogP contribution in [-0.2, 0) is 16.6 Å². The fourth-order valence-electron chi connectivity index (χ4n) is 3.01. The molecule has 0 saturated carbocycles. The first-order chi connectivity index (χ1) is 12.8. The van der Waals surface area contributed by atoms with Crippen LogP contribution in [-0.4, -0.2) is 64.8 Å². The molecular formula is C17H28ClFIN5O2S. The Morgan fingerprint density at radius 2 is 2.14 bits per heavy atom. The number of hydrogen-bond acceptors (Lipinski definition) is 4. The normalized spacial score (nSPS) is 18.4. The minimum atomic E-state index is -3.19. The average Bonchev–Trinajstić information content (AvgIpc) is 2.59. The van der Waals surface area contributed by atoms with Gasteiger partial charge < -0.3 is 10.6 Å². The third kappa shape index (κ3) is 9.21. The first kappa shape index (κ1) is 25.3. The Morgan fingerprint density at radius 1 is 1.39 bits per heavy atom. The predicted molar refractivity (Wildman–Crippen MR) is 122 cm³/mol. The fourth-order valence-corrected chi connectivity index (χ4v) is 3.71. The van der Waals surface area contributed by atoms with Crippen LogP contribution in [0.25, 0.3) is 0 Å². The lowest BCUT2D eigenvalue weighted by atomic mass is 10.0. The molecule has 1 heterocycles. The number of benzene rings is 1. The number of guanidine groups is 1. The Kier molecular flexibility index (Phi) is 11.0. The molecule has 0 aromatic heterocycles. The van der Waals surface area contributed by atoms with Crippen LogP contribution in [0.1, 0.15) is 18.4 Å². The van der Waals surface area contributed by atoms with E-state index in [1.807, 2.05) is 0 Å². The Hall–Kier alpha value is -0.690. The number of nitrogens with zero attached hydrogens (tertiary/aromatic N) is 2. The van der Waals surface area contributed by atoms with E-state index < -0.39 is 10.0 Å². The van der Waals surface area contributed by atoms with Crippen molar-refractivity contribution in [3.05, 3.63) is 34.6 Å². The number of hydrogen-bond donors (Lipinski definition) is 3. The molecule has 1 atom stereocenters. The molecule has 1 fully saturated rings. The third-order valence-electron chi connectivity index (χ3n) is 4.26. The van der Waals surface area contributed by atoms with E-state index in [0.29, 0.717) is 30.6 Å². The largest absolute Gasteiger partial charge is 0.355 e. The smallest absolute Gasteiger partial charge is 0.208 e. The molecular weight excluding hydrogens is 520 g/mol. The lowest BCUT2D eigenvalue weighted by molar-refractivity contribution is 0.192. The molecule has 0 radical (unpaired) electrons. The zero-order valence-corrected chi connectivity index (χ0v) is 19.9. The van der Waals surface area contributed by atoms with Crippen LogP contribution in [0.5, 0.6) is 0 Å². The van der Waals surface area contributed by atoms with Gasteiger partial charge in [0.05, 0.1) is 6.26 Å². The summed E-state index contributed by atoms with van der Waals surface area (Å²) in [5.74, 6) is 0.305. The van der Waals surface area contributed by atoms with Crippen LogP contribution in [0.4, 0.5) is 4.39 Å². The van der Waals surface area contributed by atoms with Crippen LogP contribution in [0, 0.1) is 5.82 Å². The summed E-state index contributed by atoms with van der Waals surface area (Å²) in [7, 11) is -1.51. The quantitative estimate of drug-likeness (QED) is 0.210. The number of piperidine rings is 1. The summed E-state index contributed by atoms with van der Waals surface area (Å²) >= 11 is 6.13. The van der Waals surface area contributed by atoms with Gasteiger partial charge in [-0.3, -0.25) is 9.89 Å². The maximum absolute atomic E-state index is 13.2. The highest BCUT2D eigenvalue weighted by atomic mass is 127. The molecule has 0 spiro atoms. The highest BCUT2D eigenvalue weighted by molar-refractivity contribution is 14.0. The second-order valence-corrected chi connectivity index (χ2v) is 8.86. The topological polar surface area (TPSA) is 85.8 Å². The second-order valence-electron chi connectivity index (χ2n) is 6.62. The molecule has 1 unspecified atom stereocenters. The molecule has 3 N–H and O–H groups in total. The van der Waals surface area contributed by atoms with Crippen LogP contribution in [0.15, 0.2) is 23.2 Å². The van der Waals surface area contributed by atoms with Gasteiger partial charge in [0, 0.05) is 44.3 Å². The van der Waals surface area contributed by atoms with Gasteiger partial charge >= 0.3 is 0 Å². The first-order valence-corrected chi connectivity index (χ1v) is 11.1. The highest BCUT2D eigenvalue weighted by Gasteiger charge is 2.21. The molecule has 11 heteroatoms. The van der Waals surface area contributed by atoms with E-state index in [2.05, 4.69) is 25.2 Å². The van der Waals surface area contributed by atoms with Crippen molar-refractivity contribution in [1.82, 2.24) is 20.3 Å². The van der Waals surface area contributed by atoms with E-state index in [0.717, 1.165) is 37.8 Å². The third-order valence-corrected chi connectivity index (χ3v) is 5.34. The predicted octanol–water partition coefficient (Wildman–Crippen LogP) is 1.78. The number of rotatable bonds is 7. The van der Waals surface area contributed by atoms with Gasteiger partial charge in [-0.2, -0.15) is 0 Å². The number of nitrogens with one attached hydrogen (secondary N) is 3. The van der Waals surface area contributed by atoms with Crippen LogP contribution >= 0.6 is 35.6 Å². The van der Waals surface area contributed by atoms with Gasteiger partial charge in [0.1, 0.15) is 5.82 Å². The monoisotopic (exact) mass is 547 g/mol. The van der Waals surface area contributed by atoms with Gasteiger partial charge in [-0.05, 0) is 37.1 Å². The maximum Gasteiger partial charge on any atom is 0.208 e. The van der Waals surface area contributed by atoms with E-state index in [1.165, 1.54) is 12.1 Å². The molecule has 7 nitrogen and oxygen atoms in total. The van der Waals surface area contributed by atoms with Crippen molar-refractivity contribution in [3.8, 4) is 0 Å². The zero-order chi connectivity index (χ0) is 19.9. The highest BCUT2D eigenvalue weighted by Crippen LogP contribution is 2.21. The van der Waals surface area contributed by atoms with Crippen molar-refractivity contribution in [2.75, 3.05) is 39.5 Å². The maximum atomic E-state index is 13.2. The zero-order valence-electron chi connectivity index (χ0n) is 16.0. The van der Waals surface area contributed by atoms with Crippen LogP contribution < -0.4 is 15.4 Å². The molecule has 2 rings (SSSR count). The van der Waals surface area contributed by atoms with E-state index in [4.69, 9.17) is 11.6 Å². The van der Waals surface area contributed by atoms with Crippen LogP contribution in [0.3, 0.4) is 0 Å². The van der Waals surface area contributed by atoms with Gasteiger partial charge in [-0.1, -0.05) is 17.7 Å². The van der Waals surface area contributed by atoms with Gasteiger partial charge in [-0.15, -0.1) is 24.0 Å². The van der Waals surface area contributed by atoms with Crippen molar-refractivity contribution in [2.45, 2.75) is 25.4 Å². The standard InChI is InChI=1S/C17H27ClFN5O2S.HI/c1-20-17(21-7-8-22-27(2,25)26)23-15-4-3-9-24(12-15)11-13-5-6-14(19)10-16(13)18;/h5-6,10,15,22H,3-4,7-9,11-12H2,1-2H3,(H2,20,21,23);1H. The Balaban J connectivity index is 0.00000392. The number of halogens is 3. The lowest BCUT2D eigenvalue weighted by Gasteiger charge is -2.34. The SMILES string of the molecule is CN=C(NCCNS(C)(=O)=O)NC1CCCN(Cc2ccc(F)cc2Cl)C1.I. The number of aliphatic imine (C=N–C) groups is 1. The minimum Gasteiger partial charge on any atom is -0.355 e. The van der Waals surface area contributed by atoms with Gasteiger partial charge in [-0.25, -0.2) is 17.5 Å². The lowest BCUT2D eigenvalue weighted by Crippen LogP contribution is -2.51. The first-order valence-electron chi connectivity index (χ1n) is 8.85. The molecule has 0 bridgehead atoms. The Labute approximate surface area is 188 Å². The summed E-state index contributed by atoms with van der Waals surface area (Å²) in [6.07, 6.45) is 3.17. The fraction of sp³-hybridized carbons (Fsp3) is 0.588. The van der Waals surface area contributed by atoms with Gasteiger partial charge in [0.25, 0.3) is 0 Å². The number of sulfonamides is 1. The van der Waals surface area contributed by atoms with Crippen molar-refractivity contribution >= 4 is 51.6 Å². The molecule has 28 heavy (non-hydrogen) atoms. The Morgan fingerprint density at radius 3 is 2.79 bits per heavy atom. The van der Waals surface area contributed by atoms with Crippen molar-refractivity contribution in [1.29, 1.82) is 0 Å². The molecule has 1 aromatic rings. The van der Waals surface area contributed by atoms with E-state index in [9.17, 15) is 12.8 Å². The molecule has 1 saturated heterocycles. The summed E-state index contributed by atoms with van der Waals surface area (Å²) in [5, 5.41) is 6.91. The average molecular weight is 548 g/mol. The van der Waals surface area contributed by atoms with Crippen molar-refractivity contribution in [3.63, 3.8) is 0 Å². The summed E-state index contributed by atoms with van der Waals surface area (Å²) in [4.78, 5) is 6.46. The summed E-state index contributed by atoms with van der Waals surface area (Å²) in [6, 6.07) is 4.71. The molecule has 160 valence electrons. The van der Waals surface area contributed by atoms with E-state index in [-0.39, 0.29) is 35.8 Å².